The van der Waals surface area contributed by atoms with Gasteiger partial charge in [-0.15, -0.1) is 24.0 Å². The van der Waals surface area contributed by atoms with Gasteiger partial charge in [0.25, 0.3) is 5.91 Å². The zero-order valence-corrected chi connectivity index (χ0v) is 21.0. The minimum absolute atomic E-state index is 0. The second-order valence-corrected chi connectivity index (χ2v) is 7.44. The van der Waals surface area contributed by atoms with Crippen LogP contribution in [-0.2, 0) is 16.0 Å². The molecule has 2 heterocycles. The van der Waals surface area contributed by atoms with Crippen molar-refractivity contribution in [1.29, 1.82) is 0 Å². The summed E-state index contributed by atoms with van der Waals surface area (Å²) in [6.07, 6.45) is 4.70. The number of carbonyl (C=O) groups is 1. The summed E-state index contributed by atoms with van der Waals surface area (Å²) >= 11 is 0. The van der Waals surface area contributed by atoms with Crippen LogP contribution >= 0.6 is 24.0 Å². The fraction of sp³-hybridized carbons (Fsp3) is 0.478. The third-order valence-corrected chi connectivity index (χ3v) is 5.18. The van der Waals surface area contributed by atoms with Gasteiger partial charge in [0.15, 0.2) is 11.7 Å². The Balaban J connectivity index is 0.00000363. The monoisotopic (exact) mass is 556 g/mol. The average molecular weight is 556 g/mol. The predicted molar refractivity (Wildman–Crippen MR) is 136 cm³/mol. The molecule has 1 fully saturated rings. The second kappa shape index (κ2) is 14.1. The number of halogens is 1. The highest BCUT2D eigenvalue weighted by molar-refractivity contribution is 14.0. The molecule has 1 amide bonds. The van der Waals surface area contributed by atoms with Crippen molar-refractivity contribution in [2.45, 2.75) is 31.9 Å². The zero-order chi connectivity index (χ0) is 21.9. The lowest BCUT2D eigenvalue weighted by molar-refractivity contribution is 0.00989. The summed E-state index contributed by atoms with van der Waals surface area (Å²) in [6.45, 7) is 3.92. The molecule has 32 heavy (non-hydrogen) atoms. The SMILES string of the molecule is CN=C(NCc1cccc(NC(=O)c2ccco2)c1)N1CCC(OCCCOC)CC1.I. The lowest BCUT2D eigenvalue weighted by atomic mass is 10.1. The quantitative estimate of drug-likeness (QED) is 0.212. The fourth-order valence-electron chi connectivity index (χ4n) is 3.56. The van der Waals surface area contributed by atoms with E-state index in [1.807, 2.05) is 24.3 Å². The van der Waals surface area contributed by atoms with E-state index in [4.69, 9.17) is 13.9 Å². The number of nitrogens with zero attached hydrogens (tertiary/aromatic N) is 2. The van der Waals surface area contributed by atoms with Crippen LogP contribution < -0.4 is 10.6 Å². The van der Waals surface area contributed by atoms with Crippen molar-refractivity contribution in [3.63, 3.8) is 0 Å². The van der Waals surface area contributed by atoms with Crippen LogP contribution in [0.25, 0.3) is 0 Å². The van der Waals surface area contributed by atoms with E-state index in [0.717, 1.165) is 62.8 Å². The number of rotatable bonds is 9. The number of ether oxygens (including phenoxy) is 2. The molecule has 1 aromatic heterocycles. The van der Waals surface area contributed by atoms with Gasteiger partial charge in [0.05, 0.1) is 12.4 Å². The molecule has 0 aliphatic carbocycles. The summed E-state index contributed by atoms with van der Waals surface area (Å²) in [5, 5.41) is 6.28. The first-order valence-electron chi connectivity index (χ1n) is 10.7. The molecule has 1 saturated heterocycles. The van der Waals surface area contributed by atoms with E-state index in [-0.39, 0.29) is 35.6 Å². The smallest absolute Gasteiger partial charge is 0.291 e. The van der Waals surface area contributed by atoms with E-state index >= 15 is 0 Å². The number of carbonyl (C=O) groups excluding carboxylic acids is 1. The molecule has 0 bridgehead atoms. The van der Waals surface area contributed by atoms with Crippen LogP contribution in [0.2, 0.25) is 0 Å². The van der Waals surface area contributed by atoms with Crippen molar-refractivity contribution in [2.24, 2.45) is 4.99 Å². The van der Waals surface area contributed by atoms with Crippen molar-refractivity contribution in [3.05, 3.63) is 54.0 Å². The Morgan fingerprint density at radius 3 is 2.72 bits per heavy atom. The van der Waals surface area contributed by atoms with E-state index in [1.165, 1.54) is 6.26 Å². The lowest BCUT2D eigenvalue weighted by Crippen LogP contribution is -2.46. The Kier molecular flexibility index (Phi) is 11.5. The second-order valence-electron chi connectivity index (χ2n) is 7.44. The van der Waals surface area contributed by atoms with Crippen molar-refractivity contribution in [3.8, 4) is 0 Å². The molecule has 2 aromatic rings. The number of methoxy groups -OCH3 is 1. The summed E-state index contributed by atoms with van der Waals surface area (Å²) in [5.41, 5.74) is 1.77. The third kappa shape index (κ3) is 8.10. The van der Waals surface area contributed by atoms with Crippen LogP contribution in [0.5, 0.6) is 0 Å². The molecule has 8 nitrogen and oxygen atoms in total. The van der Waals surface area contributed by atoms with E-state index < -0.39 is 0 Å². The van der Waals surface area contributed by atoms with Crippen molar-refractivity contribution >= 4 is 41.5 Å². The normalized spacial score (nSPS) is 14.7. The zero-order valence-electron chi connectivity index (χ0n) is 18.7. The van der Waals surface area contributed by atoms with Gasteiger partial charge in [0.1, 0.15) is 0 Å². The molecule has 0 radical (unpaired) electrons. The first-order chi connectivity index (χ1) is 15.2. The highest BCUT2D eigenvalue weighted by atomic mass is 127. The van der Waals surface area contributed by atoms with Crippen LogP contribution in [0.15, 0.2) is 52.1 Å². The van der Waals surface area contributed by atoms with Crippen LogP contribution in [0.1, 0.15) is 35.4 Å². The number of aliphatic imine (C=N–C) groups is 1. The van der Waals surface area contributed by atoms with E-state index in [2.05, 4.69) is 20.5 Å². The summed E-state index contributed by atoms with van der Waals surface area (Å²) < 4.78 is 16.1. The minimum Gasteiger partial charge on any atom is -0.459 e. The largest absolute Gasteiger partial charge is 0.459 e. The van der Waals surface area contributed by atoms with Crippen molar-refractivity contribution in [1.82, 2.24) is 10.2 Å². The molecule has 0 unspecified atom stereocenters. The minimum atomic E-state index is -0.266. The Bertz CT molecular complexity index is 836. The molecule has 0 saturated carbocycles. The predicted octanol–water partition coefficient (Wildman–Crippen LogP) is 3.74. The van der Waals surface area contributed by atoms with Gasteiger partial charge in [-0.05, 0) is 49.1 Å². The number of amides is 1. The van der Waals surface area contributed by atoms with Crippen LogP contribution in [-0.4, -0.2) is 63.3 Å². The van der Waals surface area contributed by atoms with Gasteiger partial charge < -0.3 is 29.4 Å². The molecule has 0 atom stereocenters. The van der Waals surface area contributed by atoms with Gasteiger partial charge in [-0.1, -0.05) is 12.1 Å². The highest BCUT2D eigenvalue weighted by Gasteiger charge is 2.21. The Morgan fingerprint density at radius 2 is 2.03 bits per heavy atom. The molecule has 9 heteroatoms. The number of hydrogen-bond donors (Lipinski definition) is 2. The number of nitrogens with one attached hydrogen (secondary N) is 2. The maximum absolute atomic E-state index is 12.2. The molecular formula is C23H33IN4O4. The first-order valence-corrected chi connectivity index (χ1v) is 10.7. The van der Waals surface area contributed by atoms with Gasteiger partial charge >= 0.3 is 0 Å². The van der Waals surface area contributed by atoms with E-state index in [1.54, 1.807) is 26.3 Å². The average Bonchev–Trinajstić information content (AvgIpc) is 3.34. The van der Waals surface area contributed by atoms with Gasteiger partial charge in [-0.3, -0.25) is 9.79 Å². The molecule has 1 aliphatic heterocycles. The van der Waals surface area contributed by atoms with Gasteiger partial charge in [-0.2, -0.15) is 0 Å². The topological polar surface area (TPSA) is 88.3 Å². The number of anilines is 1. The van der Waals surface area contributed by atoms with Gasteiger partial charge in [-0.25, -0.2) is 0 Å². The van der Waals surface area contributed by atoms with Crippen molar-refractivity contribution in [2.75, 3.05) is 45.8 Å². The third-order valence-electron chi connectivity index (χ3n) is 5.18. The summed E-state index contributed by atoms with van der Waals surface area (Å²) in [4.78, 5) is 18.9. The summed E-state index contributed by atoms with van der Waals surface area (Å²) in [6, 6.07) is 11.1. The maximum Gasteiger partial charge on any atom is 0.291 e. The number of furan rings is 1. The summed E-state index contributed by atoms with van der Waals surface area (Å²) in [7, 11) is 3.51. The number of likely N-dealkylation sites (tertiary alicyclic amines) is 1. The number of benzene rings is 1. The first kappa shape index (κ1) is 26.1. The Hall–Kier alpha value is -2.11. The van der Waals surface area contributed by atoms with Crippen LogP contribution in [0.3, 0.4) is 0 Å². The van der Waals surface area contributed by atoms with E-state index in [9.17, 15) is 4.79 Å². The molecule has 1 aromatic carbocycles. The molecule has 1 aliphatic rings. The fourth-order valence-corrected chi connectivity index (χ4v) is 3.56. The summed E-state index contributed by atoms with van der Waals surface area (Å²) in [5.74, 6) is 0.899. The Labute approximate surface area is 206 Å². The molecule has 176 valence electrons. The lowest BCUT2D eigenvalue weighted by Gasteiger charge is -2.34. The highest BCUT2D eigenvalue weighted by Crippen LogP contribution is 2.15. The standard InChI is InChI=1S/C23H32N4O4.HI/c1-24-23(27-11-9-20(10-12-27)30-15-5-13-29-2)25-17-18-6-3-7-19(16-18)26-22(28)21-8-4-14-31-21;/h3-4,6-8,14,16,20H,5,9-13,15,17H2,1-2H3,(H,24,25)(H,26,28);1H. The van der Waals surface area contributed by atoms with Crippen LogP contribution in [0.4, 0.5) is 5.69 Å². The van der Waals surface area contributed by atoms with E-state index in [0.29, 0.717) is 12.6 Å². The molecule has 0 spiro atoms. The number of guanidine groups is 1. The van der Waals surface area contributed by atoms with Gasteiger partial charge in [0, 0.05) is 52.7 Å². The van der Waals surface area contributed by atoms with Gasteiger partial charge in [0.2, 0.25) is 0 Å². The van der Waals surface area contributed by atoms with Crippen molar-refractivity contribution < 1.29 is 18.7 Å². The number of hydrogen-bond acceptors (Lipinski definition) is 5. The molecule has 3 rings (SSSR count). The number of piperidine rings is 1. The Morgan fingerprint density at radius 1 is 1.22 bits per heavy atom. The molecular weight excluding hydrogens is 523 g/mol. The van der Waals surface area contributed by atoms with Crippen LogP contribution in [0, 0.1) is 0 Å². The maximum atomic E-state index is 12.2. The molecule has 2 N–H and O–H groups in total.